The topological polar surface area (TPSA) is 67.9 Å². The molecular formula is C21H26N2O4. The van der Waals surface area contributed by atoms with Crippen LogP contribution in [0.3, 0.4) is 0 Å². The van der Waals surface area contributed by atoms with Crippen molar-refractivity contribution in [3.8, 4) is 11.5 Å². The Morgan fingerprint density at radius 1 is 1.11 bits per heavy atom. The van der Waals surface area contributed by atoms with Gasteiger partial charge in [0.25, 0.3) is 5.91 Å². The van der Waals surface area contributed by atoms with Crippen molar-refractivity contribution in [3.63, 3.8) is 0 Å². The van der Waals surface area contributed by atoms with Gasteiger partial charge in [0.15, 0.2) is 6.61 Å². The normalized spacial score (nSPS) is 11.4. The molecule has 2 amide bonds. The molecule has 27 heavy (non-hydrogen) atoms. The van der Waals surface area contributed by atoms with E-state index in [-0.39, 0.29) is 25.0 Å². The van der Waals surface area contributed by atoms with Crippen LogP contribution in [0.2, 0.25) is 0 Å². The Kier molecular flexibility index (Phi) is 7.23. The lowest BCUT2D eigenvalue weighted by molar-refractivity contribution is -0.142. The van der Waals surface area contributed by atoms with Crippen molar-refractivity contribution >= 4 is 11.8 Å². The van der Waals surface area contributed by atoms with Crippen LogP contribution in [0.1, 0.15) is 18.1 Å². The van der Waals surface area contributed by atoms with Crippen LogP contribution in [0.5, 0.6) is 11.5 Å². The molecular weight excluding hydrogens is 344 g/mol. The highest BCUT2D eigenvalue weighted by molar-refractivity contribution is 5.87. The molecule has 0 aromatic heterocycles. The van der Waals surface area contributed by atoms with Crippen molar-refractivity contribution in [2.45, 2.75) is 26.4 Å². The third-order valence-corrected chi connectivity index (χ3v) is 4.28. The number of carbonyl (C=O) groups excluding carboxylic acids is 2. The van der Waals surface area contributed by atoms with Crippen LogP contribution in [0.25, 0.3) is 0 Å². The fraction of sp³-hybridized carbons (Fsp3) is 0.333. The van der Waals surface area contributed by atoms with Crippen LogP contribution in [0, 0.1) is 6.92 Å². The van der Waals surface area contributed by atoms with Crippen LogP contribution >= 0.6 is 0 Å². The fourth-order valence-corrected chi connectivity index (χ4v) is 2.62. The van der Waals surface area contributed by atoms with Crippen LogP contribution in [0.15, 0.2) is 48.5 Å². The van der Waals surface area contributed by atoms with E-state index in [0.29, 0.717) is 11.5 Å². The predicted octanol–water partition coefficient (Wildman–Crippen LogP) is 2.55. The van der Waals surface area contributed by atoms with Crippen LogP contribution < -0.4 is 14.8 Å². The molecule has 2 aromatic carbocycles. The molecule has 0 unspecified atom stereocenters. The summed E-state index contributed by atoms with van der Waals surface area (Å²) in [5.41, 5.74) is 1.98. The van der Waals surface area contributed by atoms with Gasteiger partial charge in [0.1, 0.15) is 17.5 Å². The predicted molar refractivity (Wildman–Crippen MR) is 104 cm³/mol. The summed E-state index contributed by atoms with van der Waals surface area (Å²) in [5.74, 6) is 0.808. The van der Waals surface area contributed by atoms with Crippen LogP contribution in [0.4, 0.5) is 0 Å². The number of rotatable bonds is 8. The van der Waals surface area contributed by atoms with Gasteiger partial charge in [-0.1, -0.05) is 29.8 Å². The lowest BCUT2D eigenvalue weighted by atomic mass is 10.1. The van der Waals surface area contributed by atoms with E-state index < -0.39 is 6.04 Å². The summed E-state index contributed by atoms with van der Waals surface area (Å²) in [5, 5.41) is 2.59. The maximum Gasteiger partial charge on any atom is 0.261 e. The molecule has 1 N–H and O–H groups in total. The van der Waals surface area contributed by atoms with Gasteiger partial charge in [-0.3, -0.25) is 9.59 Å². The number of aryl methyl sites for hydroxylation is 1. The van der Waals surface area contributed by atoms with Gasteiger partial charge in [-0.2, -0.15) is 0 Å². The van der Waals surface area contributed by atoms with Crippen molar-refractivity contribution in [1.82, 2.24) is 10.2 Å². The number of nitrogens with zero attached hydrogens (tertiary/aromatic N) is 1. The van der Waals surface area contributed by atoms with Crippen molar-refractivity contribution in [2.24, 2.45) is 0 Å². The first-order valence-electron chi connectivity index (χ1n) is 8.78. The summed E-state index contributed by atoms with van der Waals surface area (Å²) < 4.78 is 10.8. The Hall–Kier alpha value is -3.02. The van der Waals surface area contributed by atoms with E-state index in [1.54, 1.807) is 21.1 Å². The molecule has 0 heterocycles. The van der Waals surface area contributed by atoms with Crippen molar-refractivity contribution in [3.05, 3.63) is 59.7 Å². The summed E-state index contributed by atoms with van der Waals surface area (Å²) in [6, 6.07) is 14.3. The average molecular weight is 370 g/mol. The molecule has 0 saturated heterocycles. The lowest BCUT2D eigenvalue weighted by Crippen LogP contribution is -2.48. The number of amides is 2. The highest BCUT2D eigenvalue weighted by atomic mass is 16.5. The third kappa shape index (κ3) is 5.74. The molecule has 0 bridgehead atoms. The Labute approximate surface area is 160 Å². The van der Waals surface area contributed by atoms with Crippen molar-refractivity contribution < 1.29 is 19.1 Å². The van der Waals surface area contributed by atoms with Gasteiger partial charge >= 0.3 is 0 Å². The summed E-state index contributed by atoms with van der Waals surface area (Å²) in [6.45, 7) is 3.81. The fourth-order valence-electron chi connectivity index (χ4n) is 2.62. The van der Waals surface area contributed by atoms with Gasteiger partial charge in [0.2, 0.25) is 5.91 Å². The minimum absolute atomic E-state index is 0.144. The van der Waals surface area contributed by atoms with E-state index in [1.165, 1.54) is 4.90 Å². The monoisotopic (exact) mass is 370 g/mol. The Morgan fingerprint density at radius 2 is 1.81 bits per heavy atom. The van der Waals surface area contributed by atoms with Gasteiger partial charge in [0, 0.05) is 13.6 Å². The molecule has 0 saturated carbocycles. The second-order valence-electron chi connectivity index (χ2n) is 6.27. The zero-order valence-corrected chi connectivity index (χ0v) is 16.2. The number of nitrogens with one attached hydrogen (secondary N) is 1. The lowest BCUT2D eigenvalue weighted by Gasteiger charge is -2.28. The first-order valence-corrected chi connectivity index (χ1v) is 8.78. The number of carbonyl (C=O) groups is 2. The van der Waals surface area contributed by atoms with E-state index >= 15 is 0 Å². The first kappa shape index (κ1) is 20.3. The van der Waals surface area contributed by atoms with E-state index in [9.17, 15) is 9.59 Å². The second kappa shape index (κ2) is 9.62. The highest BCUT2D eigenvalue weighted by Crippen LogP contribution is 2.17. The molecule has 0 fully saturated rings. The van der Waals surface area contributed by atoms with Crippen LogP contribution in [-0.4, -0.2) is 43.5 Å². The molecule has 2 rings (SSSR count). The minimum atomic E-state index is -0.629. The zero-order chi connectivity index (χ0) is 19.8. The van der Waals surface area contributed by atoms with Gasteiger partial charge in [-0.05, 0) is 43.7 Å². The molecule has 1 atom stereocenters. The second-order valence-corrected chi connectivity index (χ2v) is 6.27. The minimum Gasteiger partial charge on any atom is -0.497 e. The number of ether oxygens (including phenoxy) is 2. The number of methoxy groups -OCH3 is 1. The molecule has 6 nitrogen and oxygen atoms in total. The SMILES string of the molecule is CNC(=O)[C@H](C)N(Cc1cccc(OC)c1)C(=O)COc1ccc(C)cc1. The first-order chi connectivity index (χ1) is 12.9. The molecule has 0 aliphatic rings. The van der Waals surface area contributed by atoms with Gasteiger partial charge < -0.3 is 19.7 Å². The quantitative estimate of drug-likeness (QED) is 0.775. The zero-order valence-electron chi connectivity index (χ0n) is 16.2. The van der Waals surface area contributed by atoms with Gasteiger partial charge in [-0.15, -0.1) is 0 Å². The largest absolute Gasteiger partial charge is 0.497 e. The Balaban J connectivity index is 2.13. The molecule has 2 aromatic rings. The van der Waals surface area contributed by atoms with Crippen molar-refractivity contribution in [1.29, 1.82) is 0 Å². The van der Waals surface area contributed by atoms with E-state index in [4.69, 9.17) is 9.47 Å². The summed E-state index contributed by atoms with van der Waals surface area (Å²) in [7, 11) is 3.14. The highest BCUT2D eigenvalue weighted by Gasteiger charge is 2.26. The molecule has 0 radical (unpaired) electrons. The number of hydrogen-bond acceptors (Lipinski definition) is 4. The maximum absolute atomic E-state index is 12.8. The van der Waals surface area contributed by atoms with E-state index in [0.717, 1.165) is 11.1 Å². The summed E-state index contributed by atoms with van der Waals surface area (Å²) in [6.07, 6.45) is 0. The number of benzene rings is 2. The molecule has 6 heteroatoms. The molecule has 0 aliphatic heterocycles. The van der Waals surface area contributed by atoms with Crippen LogP contribution in [-0.2, 0) is 16.1 Å². The van der Waals surface area contributed by atoms with Gasteiger partial charge in [-0.25, -0.2) is 0 Å². The molecule has 144 valence electrons. The Morgan fingerprint density at radius 3 is 2.44 bits per heavy atom. The standard InChI is InChI=1S/C21H26N2O4/c1-15-8-10-18(11-9-15)27-14-20(24)23(16(2)21(25)22-3)13-17-6-5-7-19(12-17)26-4/h5-12,16H,13-14H2,1-4H3,(H,22,25)/t16-/m0/s1. The molecule has 0 spiro atoms. The average Bonchev–Trinajstić information content (AvgIpc) is 2.70. The third-order valence-electron chi connectivity index (χ3n) is 4.28. The van der Waals surface area contributed by atoms with Gasteiger partial charge in [0.05, 0.1) is 7.11 Å². The van der Waals surface area contributed by atoms with E-state index in [1.807, 2.05) is 55.5 Å². The number of likely N-dealkylation sites (N-methyl/N-ethyl adjacent to an activating group) is 1. The van der Waals surface area contributed by atoms with E-state index in [2.05, 4.69) is 5.32 Å². The maximum atomic E-state index is 12.8. The molecule has 0 aliphatic carbocycles. The summed E-state index contributed by atoms with van der Waals surface area (Å²) >= 11 is 0. The Bertz CT molecular complexity index is 774. The smallest absolute Gasteiger partial charge is 0.261 e. The number of hydrogen-bond donors (Lipinski definition) is 1. The summed E-state index contributed by atoms with van der Waals surface area (Å²) in [4.78, 5) is 26.4. The van der Waals surface area contributed by atoms with Crippen molar-refractivity contribution in [2.75, 3.05) is 20.8 Å².